The van der Waals surface area contributed by atoms with Crippen LogP contribution in [-0.2, 0) is 6.42 Å². The first-order valence-electron chi connectivity index (χ1n) is 5.94. The highest BCUT2D eigenvalue weighted by molar-refractivity contribution is 6.30. The minimum Gasteiger partial charge on any atom is -0.316 e. The van der Waals surface area contributed by atoms with Gasteiger partial charge in [0.25, 0.3) is 0 Å². The number of hydrogen-bond donors (Lipinski definition) is 1. The monoisotopic (exact) mass is 237 g/mol. The van der Waals surface area contributed by atoms with Gasteiger partial charge in [-0.3, -0.25) is 0 Å². The number of hydrogen-bond acceptors (Lipinski definition) is 1. The average Bonchev–Trinajstić information content (AvgIpc) is 2.87. The van der Waals surface area contributed by atoms with Gasteiger partial charge in [0.1, 0.15) is 0 Å². The number of halogens is 1. The average molecular weight is 238 g/mol. The highest BCUT2D eigenvalue weighted by atomic mass is 35.5. The van der Waals surface area contributed by atoms with E-state index in [2.05, 4.69) is 38.3 Å². The third kappa shape index (κ3) is 2.58. The van der Waals surface area contributed by atoms with Crippen LogP contribution in [-0.4, -0.2) is 13.1 Å². The zero-order valence-corrected chi connectivity index (χ0v) is 11.0. The molecule has 88 valence electrons. The highest BCUT2D eigenvalue weighted by Crippen LogP contribution is 2.53. The number of likely N-dealkylation sites (N-methyl/N-ethyl adjacent to an activating group) is 1. The Kier molecular flexibility index (Phi) is 3.27. The normalized spacial score (nSPS) is 24.1. The van der Waals surface area contributed by atoms with Gasteiger partial charge in [0.2, 0.25) is 0 Å². The summed E-state index contributed by atoms with van der Waals surface area (Å²) in [5, 5.41) is 4.27. The molecule has 0 radical (unpaired) electrons. The zero-order chi connectivity index (χ0) is 11.8. The fourth-order valence-corrected chi connectivity index (χ4v) is 2.64. The molecule has 0 aliphatic heterocycles. The second-order valence-corrected chi connectivity index (χ2v) is 5.96. The Labute approximate surface area is 103 Å². The molecule has 1 fully saturated rings. The molecule has 1 saturated carbocycles. The van der Waals surface area contributed by atoms with Gasteiger partial charge in [0.05, 0.1) is 0 Å². The predicted octanol–water partition coefficient (Wildman–Crippen LogP) is 3.52. The largest absolute Gasteiger partial charge is 0.316 e. The third-order valence-corrected chi connectivity index (χ3v) is 4.07. The van der Waals surface area contributed by atoms with E-state index in [0.717, 1.165) is 17.4 Å². The van der Waals surface area contributed by atoms with Gasteiger partial charge in [-0.15, -0.1) is 0 Å². The molecule has 1 aromatic carbocycles. The molecule has 16 heavy (non-hydrogen) atoms. The van der Waals surface area contributed by atoms with Crippen LogP contribution in [0.15, 0.2) is 24.3 Å². The summed E-state index contributed by atoms with van der Waals surface area (Å²) in [7, 11) is 2.06. The van der Waals surface area contributed by atoms with E-state index in [0.29, 0.717) is 11.5 Å². The fourth-order valence-electron chi connectivity index (χ4n) is 2.51. The molecular weight excluding hydrogens is 218 g/mol. The highest BCUT2D eigenvalue weighted by Gasteiger charge is 2.49. The maximum absolute atomic E-state index is 5.89. The predicted molar refractivity (Wildman–Crippen MR) is 69.9 cm³/mol. The lowest BCUT2D eigenvalue weighted by atomic mass is 9.97. The minimum atomic E-state index is 0.528. The molecule has 0 aromatic heterocycles. The fraction of sp³-hybridized carbons (Fsp3) is 0.571. The topological polar surface area (TPSA) is 12.0 Å². The van der Waals surface area contributed by atoms with Gasteiger partial charge in [-0.25, -0.2) is 0 Å². The first-order valence-corrected chi connectivity index (χ1v) is 6.32. The van der Waals surface area contributed by atoms with Crippen molar-refractivity contribution >= 4 is 11.6 Å². The quantitative estimate of drug-likeness (QED) is 0.845. The van der Waals surface area contributed by atoms with Crippen molar-refractivity contribution in [3.05, 3.63) is 34.9 Å². The second-order valence-electron chi connectivity index (χ2n) is 5.52. The van der Waals surface area contributed by atoms with Crippen molar-refractivity contribution < 1.29 is 0 Å². The van der Waals surface area contributed by atoms with Gasteiger partial charge < -0.3 is 5.32 Å². The summed E-state index contributed by atoms with van der Waals surface area (Å²) in [4.78, 5) is 0. The van der Waals surface area contributed by atoms with Gasteiger partial charge in [-0.2, -0.15) is 0 Å². The molecule has 1 N–H and O–H groups in total. The smallest absolute Gasteiger partial charge is 0.0406 e. The Morgan fingerprint density at radius 3 is 2.38 bits per heavy atom. The molecule has 0 bridgehead atoms. The molecule has 1 aliphatic rings. The molecule has 2 rings (SSSR count). The molecule has 0 heterocycles. The lowest BCUT2D eigenvalue weighted by molar-refractivity contribution is 0.426. The summed E-state index contributed by atoms with van der Waals surface area (Å²) in [5.41, 5.74) is 1.89. The second kappa shape index (κ2) is 4.38. The molecule has 2 atom stereocenters. The van der Waals surface area contributed by atoms with Crippen molar-refractivity contribution in [1.29, 1.82) is 0 Å². The van der Waals surface area contributed by atoms with E-state index in [-0.39, 0.29) is 0 Å². The first kappa shape index (κ1) is 11.9. The maximum Gasteiger partial charge on any atom is 0.0406 e. The Morgan fingerprint density at radius 1 is 1.38 bits per heavy atom. The first-order chi connectivity index (χ1) is 7.53. The van der Waals surface area contributed by atoms with Gasteiger partial charge in [0.15, 0.2) is 0 Å². The van der Waals surface area contributed by atoms with Crippen LogP contribution in [0.5, 0.6) is 0 Å². The van der Waals surface area contributed by atoms with Crippen molar-refractivity contribution in [1.82, 2.24) is 5.32 Å². The van der Waals surface area contributed by atoms with Crippen molar-refractivity contribution in [3.63, 3.8) is 0 Å². The maximum atomic E-state index is 5.89. The van der Waals surface area contributed by atoms with E-state index in [4.69, 9.17) is 11.6 Å². The van der Waals surface area contributed by atoms with E-state index in [9.17, 15) is 0 Å². The van der Waals surface area contributed by atoms with Crippen LogP contribution < -0.4 is 5.32 Å². The number of rotatable bonds is 4. The Bertz CT molecular complexity index is 356. The van der Waals surface area contributed by atoms with Gasteiger partial charge in [-0.1, -0.05) is 37.6 Å². The summed E-state index contributed by atoms with van der Waals surface area (Å²) in [6.45, 7) is 4.70. The Hall–Kier alpha value is -0.530. The molecule has 0 amide bonds. The minimum absolute atomic E-state index is 0.528. The zero-order valence-electron chi connectivity index (χ0n) is 10.3. The number of nitrogens with one attached hydrogen (secondary N) is 1. The van der Waals surface area contributed by atoms with Crippen LogP contribution in [0.4, 0.5) is 0 Å². The van der Waals surface area contributed by atoms with Crippen LogP contribution in [0.3, 0.4) is 0 Å². The summed E-state index contributed by atoms with van der Waals surface area (Å²) < 4.78 is 0. The summed E-state index contributed by atoms with van der Waals surface area (Å²) >= 11 is 5.89. The van der Waals surface area contributed by atoms with Crippen molar-refractivity contribution in [2.24, 2.45) is 11.3 Å². The molecule has 1 aliphatic carbocycles. The van der Waals surface area contributed by atoms with Crippen LogP contribution >= 0.6 is 11.6 Å². The third-order valence-electron chi connectivity index (χ3n) is 3.82. The van der Waals surface area contributed by atoms with Gasteiger partial charge in [0, 0.05) is 11.1 Å². The van der Waals surface area contributed by atoms with Crippen LogP contribution in [0.25, 0.3) is 0 Å². The molecular formula is C14H20ClN. The van der Waals surface area contributed by atoms with E-state index in [1.165, 1.54) is 12.0 Å². The Balaban J connectivity index is 2.00. The standard InChI is InChI=1S/C14H20ClN/c1-14(2)9-12(14)13(16-3)8-10-4-6-11(15)7-5-10/h4-7,12-13,16H,8-9H2,1-3H3. The van der Waals surface area contributed by atoms with Gasteiger partial charge >= 0.3 is 0 Å². The van der Waals surface area contributed by atoms with E-state index in [1.807, 2.05) is 12.1 Å². The number of benzene rings is 1. The molecule has 0 saturated heterocycles. The molecule has 1 nitrogen and oxygen atoms in total. The van der Waals surface area contributed by atoms with E-state index >= 15 is 0 Å². The summed E-state index contributed by atoms with van der Waals surface area (Å²) in [6.07, 6.45) is 2.44. The molecule has 2 unspecified atom stereocenters. The van der Waals surface area contributed by atoms with E-state index < -0.39 is 0 Å². The van der Waals surface area contributed by atoms with Crippen LogP contribution in [0, 0.1) is 11.3 Å². The lowest BCUT2D eigenvalue weighted by Crippen LogP contribution is -2.31. The molecule has 0 spiro atoms. The van der Waals surface area contributed by atoms with Gasteiger partial charge in [-0.05, 0) is 48.9 Å². The molecule has 2 heteroatoms. The van der Waals surface area contributed by atoms with E-state index in [1.54, 1.807) is 0 Å². The van der Waals surface area contributed by atoms with Crippen LogP contribution in [0.2, 0.25) is 5.02 Å². The lowest BCUT2D eigenvalue weighted by Gasteiger charge is -2.18. The molecule has 1 aromatic rings. The SMILES string of the molecule is CNC(Cc1ccc(Cl)cc1)C1CC1(C)C. The van der Waals surface area contributed by atoms with Crippen molar-refractivity contribution in [3.8, 4) is 0 Å². The summed E-state index contributed by atoms with van der Waals surface area (Å²) in [6, 6.07) is 8.80. The summed E-state index contributed by atoms with van der Waals surface area (Å²) in [5.74, 6) is 0.813. The van der Waals surface area contributed by atoms with Crippen LogP contribution in [0.1, 0.15) is 25.8 Å². The Morgan fingerprint density at radius 2 is 1.94 bits per heavy atom. The van der Waals surface area contributed by atoms with Crippen molar-refractivity contribution in [2.75, 3.05) is 7.05 Å². The van der Waals surface area contributed by atoms with Crippen molar-refractivity contribution in [2.45, 2.75) is 32.7 Å².